The van der Waals surface area contributed by atoms with E-state index in [1.165, 1.54) is 12.1 Å². The van der Waals surface area contributed by atoms with E-state index in [1.54, 1.807) is 24.3 Å². The van der Waals surface area contributed by atoms with E-state index in [4.69, 9.17) is 0 Å². The Kier molecular flexibility index (Phi) is 17.6. The van der Waals surface area contributed by atoms with Crippen LogP contribution in [0.3, 0.4) is 0 Å². The molecule has 0 bridgehead atoms. The Morgan fingerprint density at radius 2 is 1.36 bits per heavy atom. The molecule has 0 radical (unpaired) electrons. The fourth-order valence-electron chi connectivity index (χ4n) is 7.92. The van der Waals surface area contributed by atoms with Gasteiger partial charge in [0.25, 0.3) is 0 Å². The molecule has 0 aliphatic carbocycles. The van der Waals surface area contributed by atoms with Gasteiger partial charge in [-0.1, -0.05) is 38.1 Å². The molecule has 2 heterocycles. The van der Waals surface area contributed by atoms with Crippen molar-refractivity contribution in [1.82, 2.24) is 0 Å². The SMILES string of the molecule is CC1(C)C(C=C/C=C2/N(CCCS(=O)(=O)[O-])c3ccc4cc(SOO[O-])ccc4c3C2(C)C)=[N+](CCCS(=O)(=O)[O-])c2ccc3cc(S(=O)(=O)[O-])ccc3c21.[Na+].[Na+].[Na+]. The first kappa shape index (κ1) is 51.7. The number of fused-ring (bicyclic) bond motifs is 6. The van der Waals surface area contributed by atoms with Crippen LogP contribution < -0.4 is 98.8 Å². The van der Waals surface area contributed by atoms with Gasteiger partial charge >= 0.3 is 88.7 Å². The standard InChI is InChI=1S/C37H40N2O12S4.3Na/c1-36(2)32(38(18-6-20-53(41,42)43)30-16-10-24-22-26(52-51-50-40)12-14-28(24)34(30)36)8-5-9-33-37(3,4)35-29-15-13-27(55(47,48)49)23-25(29)11-17-31(35)39(33)19-7-21-54(44,45)46;;;/h5,8-17,22-23H,6-7,18-21H2,1-4H3,(H3-,40,41,42,43,44,45,46,47,48,49);;;/q;3*+1/p-3. The first-order valence-electron chi connectivity index (χ1n) is 17.1. The second kappa shape index (κ2) is 19.8. The summed E-state index contributed by atoms with van der Waals surface area (Å²) in [5.74, 6) is -1.13. The van der Waals surface area contributed by atoms with E-state index in [-0.39, 0.29) is 119 Å². The van der Waals surface area contributed by atoms with E-state index < -0.39 is 52.7 Å². The van der Waals surface area contributed by atoms with Crippen LogP contribution in [0, 0.1) is 0 Å². The largest absolute Gasteiger partial charge is 1.00 e. The predicted octanol–water partition coefficient (Wildman–Crippen LogP) is -4.38. The van der Waals surface area contributed by atoms with Gasteiger partial charge in [0.15, 0.2) is 5.71 Å². The summed E-state index contributed by atoms with van der Waals surface area (Å²) >= 11 is 0.769. The summed E-state index contributed by atoms with van der Waals surface area (Å²) in [6.45, 7) is 8.41. The molecule has 0 spiro atoms. The predicted molar refractivity (Wildman–Crippen MR) is 203 cm³/mol. The van der Waals surface area contributed by atoms with Crippen LogP contribution in [0.15, 0.2) is 94.4 Å². The van der Waals surface area contributed by atoms with Gasteiger partial charge in [-0.25, -0.2) is 25.3 Å². The average Bonchev–Trinajstić information content (AvgIpc) is 3.44. The molecule has 294 valence electrons. The smallest absolute Gasteiger partial charge is 0.748 e. The summed E-state index contributed by atoms with van der Waals surface area (Å²) in [6, 6.07) is 17.0. The number of anilines is 1. The molecule has 0 amide bonds. The van der Waals surface area contributed by atoms with Gasteiger partial charge in [0.05, 0.1) is 42.6 Å². The molecule has 0 N–H and O–H groups in total. The van der Waals surface area contributed by atoms with Crippen molar-refractivity contribution in [3.63, 3.8) is 0 Å². The molecule has 0 atom stereocenters. The molecule has 0 unspecified atom stereocenters. The molecular weight excluding hydrogens is 862 g/mol. The van der Waals surface area contributed by atoms with Gasteiger partial charge in [0.1, 0.15) is 16.7 Å². The maximum atomic E-state index is 11.8. The zero-order valence-electron chi connectivity index (χ0n) is 33.2. The third-order valence-corrected chi connectivity index (χ3v) is 13.1. The van der Waals surface area contributed by atoms with E-state index in [0.29, 0.717) is 15.7 Å². The zero-order valence-corrected chi connectivity index (χ0v) is 42.4. The number of hydrogen-bond donors (Lipinski definition) is 0. The molecular formula is C37H37N2Na3O12S4. The topological polar surface area (TPSA) is 219 Å². The normalized spacial score (nSPS) is 16.7. The molecule has 2 aliphatic rings. The van der Waals surface area contributed by atoms with Gasteiger partial charge in [-0.05, 0) is 89.9 Å². The van der Waals surface area contributed by atoms with Crippen molar-refractivity contribution < 1.29 is 147 Å². The Balaban J connectivity index is 0.00000300. The van der Waals surface area contributed by atoms with Gasteiger partial charge in [-0.15, -0.1) is 0 Å². The molecule has 2 aliphatic heterocycles. The third-order valence-electron chi connectivity index (χ3n) is 10.1. The van der Waals surface area contributed by atoms with Crippen LogP contribution in [0.4, 0.5) is 11.4 Å². The monoisotopic (exact) mass is 898 g/mol. The number of nitrogens with zero attached hydrogens (tertiary/aromatic N) is 2. The van der Waals surface area contributed by atoms with Crippen molar-refractivity contribution >= 4 is 81.0 Å². The molecule has 0 fully saturated rings. The summed E-state index contributed by atoms with van der Waals surface area (Å²) in [5.41, 5.74) is 3.53. The third kappa shape index (κ3) is 11.1. The Morgan fingerprint density at radius 3 is 2.00 bits per heavy atom. The van der Waals surface area contributed by atoms with Crippen molar-refractivity contribution in [3.05, 3.63) is 95.7 Å². The van der Waals surface area contributed by atoms with Gasteiger partial charge < -0.3 is 23.8 Å². The van der Waals surface area contributed by atoms with Crippen molar-refractivity contribution in [2.24, 2.45) is 0 Å². The van der Waals surface area contributed by atoms with Crippen LogP contribution in [0.5, 0.6) is 0 Å². The van der Waals surface area contributed by atoms with Crippen molar-refractivity contribution in [3.8, 4) is 0 Å². The second-order valence-corrected chi connectivity index (χ2v) is 19.6. The maximum Gasteiger partial charge on any atom is 1.00 e. The Morgan fingerprint density at radius 1 is 0.759 bits per heavy atom. The van der Waals surface area contributed by atoms with Gasteiger partial charge in [-0.3, -0.25) is 5.04 Å². The van der Waals surface area contributed by atoms with Crippen LogP contribution in [0.25, 0.3) is 21.5 Å². The van der Waals surface area contributed by atoms with Crippen LogP contribution in [0.2, 0.25) is 0 Å². The molecule has 14 nitrogen and oxygen atoms in total. The van der Waals surface area contributed by atoms with E-state index in [1.807, 2.05) is 79.7 Å². The van der Waals surface area contributed by atoms with Crippen molar-refractivity contribution in [2.75, 3.05) is 29.5 Å². The molecule has 4 aromatic carbocycles. The molecule has 6 rings (SSSR count). The summed E-state index contributed by atoms with van der Waals surface area (Å²) in [7, 11) is -13.7. The van der Waals surface area contributed by atoms with Crippen LogP contribution in [-0.4, -0.2) is 73.8 Å². The van der Waals surface area contributed by atoms with Gasteiger partial charge in [0, 0.05) is 63.9 Å². The van der Waals surface area contributed by atoms with Gasteiger partial charge in [-0.2, -0.15) is 8.91 Å². The quantitative estimate of drug-likeness (QED) is 0.0292. The number of rotatable bonds is 14. The fourth-order valence-corrected chi connectivity index (χ4v) is 9.79. The minimum atomic E-state index is -4.71. The first-order chi connectivity index (χ1) is 25.6. The molecule has 0 saturated carbocycles. The average molecular weight is 899 g/mol. The summed E-state index contributed by atoms with van der Waals surface area (Å²) < 4.78 is 111. The van der Waals surface area contributed by atoms with Gasteiger partial charge in [0.2, 0.25) is 5.69 Å². The van der Waals surface area contributed by atoms with Crippen molar-refractivity contribution in [1.29, 1.82) is 0 Å². The second-order valence-electron chi connectivity index (χ2n) is 14.4. The summed E-state index contributed by atoms with van der Waals surface area (Å²) in [4.78, 5) is 2.26. The minimum Gasteiger partial charge on any atom is -0.748 e. The Hall–Kier alpha value is -0.690. The number of hydrogen-bond acceptors (Lipinski definition) is 14. The molecule has 58 heavy (non-hydrogen) atoms. The first-order valence-corrected chi connectivity index (χ1v) is 22.4. The summed E-state index contributed by atoms with van der Waals surface area (Å²) in [6.07, 6.45) is 5.76. The van der Waals surface area contributed by atoms with Crippen LogP contribution >= 0.6 is 12.0 Å². The van der Waals surface area contributed by atoms with Crippen molar-refractivity contribution in [2.45, 2.75) is 61.2 Å². The molecule has 4 aromatic rings. The van der Waals surface area contributed by atoms with E-state index in [0.717, 1.165) is 56.7 Å². The zero-order chi connectivity index (χ0) is 40.1. The maximum absolute atomic E-state index is 11.8. The van der Waals surface area contributed by atoms with E-state index in [2.05, 4.69) is 9.37 Å². The molecule has 0 aromatic heterocycles. The number of allylic oxidation sites excluding steroid dienone is 4. The fraction of sp³-hybridized carbons (Fsp3) is 0.324. The van der Waals surface area contributed by atoms with Crippen LogP contribution in [-0.2, 0) is 50.6 Å². The minimum absolute atomic E-state index is 0. The molecule has 21 heteroatoms. The van der Waals surface area contributed by atoms with E-state index >= 15 is 0 Å². The van der Waals surface area contributed by atoms with Crippen LogP contribution in [0.1, 0.15) is 51.7 Å². The summed E-state index contributed by atoms with van der Waals surface area (Å²) in [5, 5.41) is 16.9. The van der Waals surface area contributed by atoms with E-state index in [9.17, 15) is 44.2 Å². The Bertz CT molecular complexity index is 2650. The Labute approximate surface area is 409 Å². The number of benzene rings is 4. The molecule has 0 saturated heterocycles.